The van der Waals surface area contributed by atoms with Crippen molar-refractivity contribution in [2.24, 2.45) is 4.36 Å². The van der Waals surface area contributed by atoms with Gasteiger partial charge in [0.05, 0.1) is 28.0 Å². The summed E-state index contributed by atoms with van der Waals surface area (Å²) in [6, 6.07) is 12.7. The van der Waals surface area contributed by atoms with E-state index in [-0.39, 0.29) is 47.3 Å². The van der Waals surface area contributed by atoms with Crippen LogP contribution in [0.4, 0.5) is 10.2 Å². The number of esters is 1. The van der Waals surface area contributed by atoms with Gasteiger partial charge in [-0.3, -0.25) is 14.4 Å². The number of benzene rings is 2. The Morgan fingerprint density at radius 3 is 2.60 bits per heavy atom. The van der Waals surface area contributed by atoms with Crippen LogP contribution in [0.3, 0.4) is 0 Å². The number of nitrogens with two attached hydrogens (primary N) is 1. The molecule has 10 heteroatoms. The second kappa shape index (κ2) is 13.6. The number of carbonyl (C=O) groups is 3. The molecule has 3 aromatic rings. The van der Waals surface area contributed by atoms with Gasteiger partial charge in [-0.05, 0) is 49.6 Å². The average Bonchev–Trinajstić information content (AvgIpc) is 2.92. The van der Waals surface area contributed by atoms with Gasteiger partial charge in [-0.2, -0.15) is 4.36 Å². The number of Topliss-reactive ketones (excluding diaryl/α,β-unsaturated/α-hetero) is 1. The van der Waals surface area contributed by atoms with Crippen molar-refractivity contribution in [3.05, 3.63) is 93.9 Å². The highest BCUT2D eigenvalue weighted by Crippen LogP contribution is 2.16. The molecule has 0 saturated carbocycles. The molecule has 1 unspecified atom stereocenters. The molecule has 0 radical (unpaired) electrons. The molecule has 1 aromatic heterocycles. The third-order valence-corrected chi connectivity index (χ3v) is 7.50. The third kappa shape index (κ3) is 8.85. The maximum Gasteiger partial charge on any atom is 0.305 e. The zero-order valence-electron chi connectivity index (χ0n) is 22.5. The van der Waals surface area contributed by atoms with Gasteiger partial charge in [-0.1, -0.05) is 41.7 Å². The second-order valence-corrected chi connectivity index (χ2v) is 11.8. The maximum atomic E-state index is 14.1. The first-order valence-electron chi connectivity index (χ1n) is 12.4. The first kappa shape index (κ1) is 30.2. The van der Waals surface area contributed by atoms with E-state index in [2.05, 4.69) is 25.9 Å². The van der Waals surface area contributed by atoms with Crippen molar-refractivity contribution in [3.63, 3.8) is 0 Å². The highest BCUT2D eigenvalue weighted by atomic mass is 32.2. The van der Waals surface area contributed by atoms with Crippen LogP contribution in [0.1, 0.15) is 62.2 Å². The van der Waals surface area contributed by atoms with E-state index in [4.69, 9.17) is 5.73 Å². The summed E-state index contributed by atoms with van der Waals surface area (Å²) in [4.78, 5) is 40.7. The summed E-state index contributed by atoms with van der Waals surface area (Å²) in [6.07, 6.45) is 3.66. The molecule has 0 aliphatic rings. The lowest BCUT2D eigenvalue weighted by atomic mass is 10.00. The van der Waals surface area contributed by atoms with E-state index in [1.165, 1.54) is 31.7 Å². The monoisotopic (exact) mass is 563 g/mol. The molecular formula is C30H30FN3O5S. The van der Waals surface area contributed by atoms with Gasteiger partial charge in [0.1, 0.15) is 11.6 Å². The number of anilines is 1. The predicted octanol–water partition coefficient (Wildman–Crippen LogP) is 4.52. The number of carbonyl (C=O) groups excluding carboxylic acids is 3. The molecule has 0 bridgehead atoms. The van der Waals surface area contributed by atoms with Crippen molar-refractivity contribution in [2.75, 3.05) is 24.9 Å². The van der Waals surface area contributed by atoms with Crippen LogP contribution >= 0.6 is 0 Å². The fraction of sp³-hybridized carbons (Fsp3) is 0.267. The van der Waals surface area contributed by atoms with E-state index in [9.17, 15) is 23.0 Å². The fourth-order valence-electron chi connectivity index (χ4n) is 3.73. The Morgan fingerprint density at radius 1 is 1.07 bits per heavy atom. The van der Waals surface area contributed by atoms with Crippen molar-refractivity contribution in [1.82, 2.24) is 4.98 Å². The van der Waals surface area contributed by atoms with E-state index in [0.717, 1.165) is 5.56 Å². The third-order valence-electron chi connectivity index (χ3n) is 5.90. The van der Waals surface area contributed by atoms with Gasteiger partial charge < -0.3 is 10.5 Å². The van der Waals surface area contributed by atoms with E-state index in [1.807, 2.05) is 6.92 Å². The first-order chi connectivity index (χ1) is 19.0. The summed E-state index contributed by atoms with van der Waals surface area (Å²) in [5.41, 5.74) is 8.37. The Hall–Kier alpha value is -4.36. The number of aryl methyl sites for hydroxylation is 1. The van der Waals surface area contributed by atoms with E-state index in [0.29, 0.717) is 29.5 Å². The van der Waals surface area contributed by atoms with Gasteiger partial charge in [0.2, 0.25) is 0 Å². The van der Waals surface area contributed by atoms with Crippen molar-refractivity contribution in [1.29, 1.82) is 0 Å². The van der Waals surface area contributed by atoms with Gasteiger partial charge in [0.15, 0.2) is 5.78 Å². The van der Waals surface area contributed by atoms with Crippen LogP contribution < -0.4 is 5.73 Å². The van der Waals surface area contributed by atoms with Crippen LogP contribution in [0.2, 0.25) is 0 Å². The van der Waals surface area contributed by atoms with Crippen LogP contribution in [0.15, 0.2) is 59.1 Å². The molecule has 2 aromatic carbocycles. The van der Waals surface area contributed by atoms with Crippen LogP contribution in [-0.4, -0.2) is 46.0 Å². The highest BCUT2D eigenvalue weighted by Gasteiger charge is 2.13. The van der Waals surface area contributed by atoms with Gasteiger partial charge in [-0.25, -0.2) is 13.6 Å². The number of hydrogen-bond acceptors (Lipinski definition) is 7. The zero-order valence-corrected chi connectivity index (χ0v) is 23.3. The number of ether oxygens (including phenoxy) is 1. The lowest BCUT2D eigenvalue weighted by molar-refractivity contribution is -0.140. The number of nitrogens with zero attached hydrogens (tertiary/aromatic N) is 2. The number of pyridine rings is 1. The smallest absolute Gasteiger partial charge is 0.305 e. The summed E-state index contributed by atoms with van der Waals surface area (Å²) in [5, 5.41) is 0. The van der Waals surface area contributed by atoms with Crippen molar-refractivity contribution < 1.29 is 27.7 Å². The molecule has 3 rings (SSSR count). The second-order valence-electron chi connectivity index (χ2n) is 9.28. The molecule has 0 saturated heterocycles. The molecule has 1 atom stereocenters. The van der Waals surface area contributed by atoms with E-state index >= 15 is 0 Å². The summed E-state index contributed by atoms with van der Waals surface area (Å²) < 4.78 is 35.3. The Bertz CT molecular complexity index is 1630. The molecule has 40 heavy (non-hydrogen) atoms. The Morgan fingerprint density at radius 2 is 1.85 bits per heavy atom. The molecule has 0 spiro atoms. The predicted molar refractivity (Wildman–Crippen MR) is 152 cm³/mol. The minimum atomic E-state index is -2.83. The lowest BCUT2D eigenvalue weighted by Gasteiger charge is -2.05. The molecule has 0 aliphatic carbocycles. The molecular weight excluding hydrogens is 533 g/mol. The largest absolute Gasteiger partial charge is 0.469 e. The number of rotatable bonds is 9. The minimum absolute atomic E-state index is 0.0757. The first-order valence-corrected chi connectivity index (χ1v) is 14.5. The standard InChI is InChI=1S/C30H30FN3O5S/c1-20-10-13-26(31)24(15-20)18-27(35)22-8-6-7-21(16-22)11-12-23-17-25(19-33-29(23)32)30(37)34-40(3,38)14-5-4-9-28(36)39-2/h6-8,10,13,15-17,19H,4-5,9,14,18H2,1-3H3,(H2,32,33). The number of ketones is 1. The van der Waals surface area contributed by atoms with Gasteiger partial charge in [-0.15, -0.1) is 0 Å². The number of nitrogen functional groups attached to an aromatic ring is 1. The number of hydrogen-bond donors (Lipinski definition) is 1. The fourth-order valence-corrected chi connectivity index (χ4v) is 5.02. The normalized spacial score (nSPS) is 12.0. The maximum absolute atomic E-state index is 14.1. The van der Waals surface area contributed by atoms with Crippen molar-refractivity contribution in [3.8, 4) is 11.8 Å². The average molecular weight is 564 g/mol. The minimum Gasteiger partial charge on any atom is -0.469 e. The molecule has 8 nitrogen and oxygen atoms in total. The van der Waals surface area contributed by atoms with Gasteiger partial charge in [0.25, 0.3) is 5.91 Å². The molecule has 2 N–H and O–H groups in total. The van der Waals surface area contributed by atoms with Crippen LogP contribution in [0.25, 0.3) is 0 Å². The lowest BCUT2D eigenvalue weighted by Crippen LogP contribution is -2.09. The quantitative estimate of drug-likeness (QED) is 0.175. The number of methoxy groups -OCH3 is 1. The summed E-state index contributed by atoms with van der Waals surface area (Å²) in [5.74, 6) is 4.25. The van der Waals surface area contributed by atoms with Gasteiger partial charge in [0, 0.05) is 42.2 Å². The summed E-state index contributed by atoms with van der Waals surface area (Å²) >= 11 is 0. The van der Waals surface area contributed by atoms with Crippen molar-refractivity contribution >= 4 is 33.2 Å². The van der Waals surface area contributed by atoms with Crippen LogP contribution in [0.5, 0.6) is 0 Å². The summed E-state index contributed by atoms with van der Waals surface area (Å²) in [7, 11) is -1.53. The molecule has 1 amide bonds. The number of amides is 1. The van der Waals surface area contributed by atoms with E-state index in [1.54, 1.807) is 36.4 Å². The number of aromatic nitrogens is 1. The van der Waals surface area contributed by atoms with E-state index < -0.39 is 21.5 Å². The van der Waals surface area contributed by atoms with Crippen LogP contribution in [0, 0.1) is 24.6 Å². The zero-order chi connectivity index (χ0) is 29.3. The molecule has 208 valence electrons. The molecule has 0 fully saturated rings. The number of unbranched alkanes of at least 4 members (excludes halogenated alkanes) is 1. The van der Waals surface area contributed by atoms with Crippen LogP contribution in [-0.2, 0) is 25.7 Å². The Labute approximate surface area is 233 Å². The molecule has 0 aliphatic heterocycles. The SMILES string of the molecule is COC(=O)CCCCS(C)(=O)=NC(=O)c1cnc(N)c(C#Cc2cccc(C(=O)Cc3cc(C)ccc3F)c2)c1. The summed E-state index contributed by atoms with van der Waals surface area (Å²) in [6.45, 7) is 1.83. The Kier molecular flexibility index (Phi) is 10.3. The van der Waals surface area contributed by atoms with Crippen molar-refractivity contribution in [2.45, 2.75) is 32.6 Å². The topological polar surface area (TPSA) is 129 Å². The highest BCUT2D eigenvalue weighted by molar-refractivity contribution is 7.93. The number of halogens is 1. The molecule has 1 heterocycles. The Balaban J connectivity index is 1.75. The van der Waals surface area contributed by atoms with Gasteiger partial charge >= 0.3 is 5.97 Å².